The summed E-state index contributed by atoms with van der Waals surface area (Å²) in [4.78, 5) is 13.5. The van der Waals surface area contributed by atoms with E-state index in [-0.39, 0.29) is 12.0 Å². The van der Waals surface area contributed by atoms with Gasteiger partial charge in [0.1, 0.15) is 0 Å². The van der Waals surface area contributed by atoms with Gasteiger partial charge in [0.25, 0.3) is 0 Å². The molecule has 0 aliphatic carbocycles. The number of carboxylic acids is 1. The van der Waals surface area contributed by atoms with Crippen molar-refractivity contribution in [3.8, 4) is 0 Å². The number of ether oxygens (including phenoxy) is 1. The first kappa shape index (κ1) is 14.5. The second-order valence-corrected chi connectivity index (χ2v) is 4.73. The van der Waals surface area contributed by atoms with Crippen LogP contribution in [0.3, 0.4) is 0 Å². The SMILES string of the molecule is CCCC(CC)N(CC)C1COCC1C(=O)O. The molecule has 1 aliphatic rings. The van der Waals surface area contributed by atoms with Crippen molar-refractivity contribution in [2.24, 2.45) is 5.92 Å². The lowest BCUT2D eigenvalue weighted by Gasteiger charge is -2.36. The molecule has 1 heterocycles. The second-order valence-electron chi connectivity index (χ2n) is 4.73. The molecular weight excluding hydrogens is 218 g/mol. The number of aliphatic carboxylic acids is 1. The summed E-state index contributed by atoms with van der Waals surface area (Å²) in [6.45, 7) is 8.28. The molecule has 4 heteroatoms. The first-order valence-electron chi connectivity index (χ1n) is 6.71. The Morgan fingerprint density at radius 3 is 2.59 bits per heavy atom. The quantitative estimate of drug-likeness (QED) is 0.743. The van der Waals surface area contributed by atoms with E-state index in [0.717, 1.165) is 25.8 Å². The van der Waals surface area contributed by atoms with E-state index in [1.807, 2.05) is 0 Å². The van der Waals surface area contributed by atoms with Crippen molar-refractivity contribution in [1.29, 1.82) is 0 Å². The van der Waals surface area contributed by atoms with Crippen LogP contribution in [-0.4, -0.2) is 47.8 Å². The minimum absolute atomic E-state index is 0.0500. The van der Waals surface area contributed by atoms with E-state index < -0.39 is 5.97 Å². The van der Waals surface area contributed by atoms with Gasteiger partial charge in [0.2, 0.25) is 0 Å². The van der Waals surface area contributed by atoms with E-state index >= 15 is 0 Å². The minimum atomic E-state index is -0.725. The molecule has 1 aliphatic heterocycles. The third-order valence-electron chi connectivity index (χ3n) is 3.72. The van der Waals surface area contributed by atoms with Crippen molar-refractivity contribution in [2.75, 3.05) is 19.8 Å². The van der Waals surface area contributed by atoms with E-state index in [9.17, 15) is 9.90 Å². The van der Waals surface area contributed by atoms with E-state index in [4.69, 9.17) is 4.74 Å². The molecule has 1 N–H and O–H groups in total. The number of hydrogen-bond acceptors (Lipinski definition) is 3. The summed E-state index contributed by atoms with van der Waals surface area (Å²) in [7, 11) is 0. The number of carbonyl (C=O) groups is 1. The van der Waals surface area contributed by atoms with Gasteiger partial charge in [0.15, 0.2) is 0 Å². The monoisotopic (exact) mass is 243 g/mol. The largest absolute Gasteiger partial charge is 0.481 e. The Morgan fingerprint density at radius 2 is 2.12 bits per heavy atom. The van der Waals surface area contributed by atoms with Gasteiger partial charge in [-0.2, -0.15) is 0 Å². The molecule has 3 atom stereocenters. The van der Waals surface area contributed by atoms with Crippen LogP contribution in [0.5, 0.6) is 0 Å². The molecule has 0 radical (unpaired) electrons. The van der Waals surface area contributed by atoms with Crippen LogP contribution in [0.25, 0.3) is 0 Å². The first-order valence-corrected chi connectivity index (χ1v) is 6.71. The molecule has 4 nitrogen and oxygen atoms in total. The molecule has 0 aromatic rings. The molecule has 0 aromatic heterocycles. The zero-order chi connectivity index (χ0) is 12.8. The predicted octanol–water partition coefficient (Wildman–Crippen LogP) is 1.99. The number of likely N-dealkylation sites (N-methyl/N-ethyl adjacent to an activating group) is 1. The number of nitrogens with zero attached hydrogens (tertiary/aromatic N) is 1. The van der Waals surface area contributed by atoms with Crippen LogP contribution in [0.2, 0.25) is 0 Å². The summed E-state index contributed by atoms with van der Waals surface area (Å²) in [5, 5.41) is 9.21. The fourth-order valence-electron chi connectivity index (χ4n) is 2.81. The molecule has 1 fully saturated rings. The molecule has 3 unspecified atom stereocenters. The van der Waals surface area contributed by atoms with Gasteiger partial charge in [-0.05, 0) is 19.4 Å². The van der Waals surface area contributed by atoms with Crippen molar-refractivity contribution >= 4 is 5.97 Å². The molecule has 1 saturated heterocycles. The van der Waals surface area contributed by atoms with Gasteiger partial charge < -0.3 is 9.84 Å². The highest BCUT2D eigenvalue weighted by Gasteiger charge is 2.39. The van der Waals surface area contributed by atoms with Crippen molar-refractivity contribution in [2.45, 2.75) is 52.1 Å². The summed E-state index contributed by atoms with van der Waals surface area (Å²) < 4.78 is 5.36. The maximum Gasteiger partial charge on any atom is 0.310 e. The summed E-state index contributed by atoms with van der Waals surface area (Å²) in [6.07, 6.45) is 3.35. The van der Waals surface area contributed by atoms with Crippen molar-refractivity contribution in [3.05, 3.63) is 0 Å². The van der Waals surface area contributed by atoms with E-state index in [1.54, 1.807) is 0 Å². The number of hydrogen-bond donors (Lipinski definition) is 1. The molecular formula is C13H25NO3. The average Bonchev–Trinajstić information content (AvgIpc) is 2.78. The average molecular weight is 243 g/mol. The van der Waals surface area contributed by atoms with Crippen LogP contribution in [0.4, 0.5) is 0 Å². The lowest BCUT2D eigenvalue weighted by Crippen LogP contribution is -2.48. The van der Waals surface area contributed by atoms with E-state index in [2.05, 4.69) is 25.7 Å². The van der Waals surface area contributed by atoms with E-state index in [1.165, 1.54) is 0 Å². The molecule has 0 spiro atoms. The number of rotatable bonds is 7. The highest BCUT2D eigenvalue weighted by molar-refractivity contribution is 5.71. The Labute approximate surface area is 104 Å². The predicted molar refractivity (Wildman–Crippen MR) is 67.1 cm³/mol. The molecule has 0 amide bonds. The minimum Gasteiger partial charge on any atom is -0.481 e. The van der Waals surface area contributed by atoms with Gasteiger partial charge in [0.05, 0.1) is 19.1 Å². The third kappa shape index (κ3) is 3.42. The highest BCUT2D eigenvalue weighted by Crippen LogP contribution is 2.24. The lowest BCUT2D eigenvalue weighted by atomic mass is 9.98. The summed E-state index contributed by atoms with van der Waals surface area (Å²) in [6, 6.07) is 0.535. The van der Waals surface area contributed by atoms with Crippen LogP contribution in [0.1, 0.15) is 40.0 Å². The standard InChI is InChI=1S/C13H25NO3/c1-4-7-10(5-2)14(6-3)12-9-17-8-11(12)13(15)16/h10-12H,4-9H2,1-3H3,(H,15,16). The lowest BCUT2D eigenvalue weighted by molar-refractivity contribution is -0.143. The Bertz CT molecular complexity index is 245. The molecule has 1 rings (SSSR count). The Balaban J connectivity index is 2.74. The van der Waals surface area contributed by atoms with Crippen LogP contribution in [0.15, 0.2) is 0 Å². The first-order chi connectivity index (χ1) is 8.15. The zero-order valence-corrected chi connectivity index (χ0v) is 11.2. The fraction of sp³-hybridized carbons (Fsp3) is 0.923. The zero-order valence-electron chi connectivity index (χ0n) is 11.2. The van der Waals surface area contributed by atoms with E-state index in [0.29, 0.717) is 19.3 Å². The third-order valence-corrected chi connectivity index (χ3v) is 3.72. The summed E-state index contributed by atoms with van der Waals surface area (Å²) in [5.74, 6) is -1.09. The van der Waals surface area contributed by atoms with Crippen molar-refractivity contribution in [1.82, 2.24) is 4.90 Å². The van der Waals surface area contributed by atoms with Crippen LogP contribution in [0, 0.1) is 5.92 Å². The van der Waals surface area contributed by atoms with Gasteiger partial charge in [-0.1, -0.05) is 27.2 Å². The Kier molecular flexibility index (Phi) is 5.92. The highest BCUT2D eigenvalue weighted by atomic mass is 16.5. The molecule has 0 aromatic carbocycles. The molecule has 0 saturated carbocycles. The molecule has 0 bridgehead atoms. The van der Waals surface area contributed by atoms with Gasteiger partial charge in [-0.3, -0.25) is 9.69 Å². The maximum absolute atomic E-state index is 11.2. The van der Waals surface area contributed by atoms with Crippen LogP contribution >= 0.6 is 0 Å². The van der Waals surface area contributed by atoms with Gasteiger partial charge in [-0.25, -0.2) is 0 Å². The van der Waals surface area contributed by atoms with Crippen LogP contribution in [-0.2, 0) is 9.53 Å². The Morgan fingerprint density at radius 1 is 1.41 bits per heavy atom. The maximum atomic E-state index is 11.2. The molecule has 100 valence electrons. The van der Waals surface area contributed by atoms with Crippen molar-refractivity contribution < 1.29 is 14.6 Å². The number of carboxylic acid groups (broad SMARTS) is 1. The Hall–Kier alpha value is -0.610. The summed E-state index contributed by atoms with van der Waals surface area (Å²) in [5.41, 5.74) is 0. The second kappa shape index (κ2) is 6.97. The van der Waals surface area contributed by atoms with Gasteiger partial charge in [-0.15, -0.1) is 0 Å². The molecule has 17 heavy (non-hydrogen) atoms. The van der Waals surface area contributed by atoms with Gasteiger partial charge >= 0.3 is 5.97 Å². The fourth-order valence-corrected chi connectivity index (χ4v) is 2.81. The van der Waals surface area contributed by atoms with Gasteiger partial charge in [0, 0.05) is 12.1 Å². The smallest absolute Gasteiger partial charge is 0.310 e. The summed E-state index contributed by atoms with van der Waals surface area (Å²) >= 11 is 0. The van der Waals surface area contributed by atoms with Crippen LogP contribution < -0.4 is 0 Å². The topological polar surface area (TPSA) is 49.8 Å². The van der Waals surface area contributed by atoms with Crippen molar-refractivity contribution in [3.63, 3.8) is 0 Å². The normalized spacial score (nSPS) is 26.4.